The Morgan fingerprint density at radius 2 is 2.25 bits per heavy atom. The second-order valence-electron chi connectivity index (χ2n) is 2.42. The monoisotopic (exact) mass is 163 g/mol. The molecule has 0 aliphatic heterocycles. The molecule has 5 nitrogen and oxygen atoms in total. The predicted octanol–water partition coefficient (Wildman–Crippen LogP) is 0.202. The summed E-state index contributed by atoms with van der Waals surface area (Å²) >= 11 is 0. The van der Waals surface area contributed by atoms with Crippen LogP contribution in [0, 0.1) is 0 Å². The van der Waals surface area contributed by atoms with Crippen molar-refractivity contribution in [2.24, 2.45) is 5.84 Å². The van der Waals surface area contributed by atoms with Crippen molar-refractivity contribution < 1.29 is 0 Å². The number of nitrogen functional groups attached to an aromatic ring is 2. The van der Waals surface area contributed by atoms with Gasteiger partial charge in [-0.05, 0) is 12.1 Å². The smallest absolute Gasteiger partial charge is 0.224 e. The lowest BCUT2D eigenvalue weighted by molar-refractivity contribution is 1.11. The van der Waals surface area contributed by atoms with Gasteiger partial charge in [-0.1, -0.05) is 6.07 Å². The Balaban J connectivity index is 2.82. The molecule has 2 heterocycles. The molecular weight excluding hydrogens is 154 g/mol. The number of pyridine rings is 1. The minimum absolute atomic E-state index is 0.476. The summed E-state index contributed by atoms with van der Waals surface area (Å²) in [7, 11) is 0. The van der Waals surface area contributed by atoms with Gasteiger partial charge in [0.25, 0.3) is 0 Å². The molecule has 0 atom stereocenters. The summed E-state index contributed by atoms with van der Waals surface area (Å²) < 4.78 is 1.79. The van der Waals surface area contributed by atoms with E-state index in [4.69, 9.17) is 11.6 Å². The van der Waals surface area contributed by atoms with Crippen molar-refractivity contribution in [2.75, 3.05) is 11.2 Å². The van der Waals surface area contributed by atoms with Crippen molar-refractivity contribution in [1.29, 1.82) is 0 Å². The lowest BCUT2D eigenvalue weighted by atomic mass is 10.4. The highest BCUT2D eigenvalue weighted by Gasteiger charge is 2.04. The van der Waals surface area contributed by atoms with Gasteiger partial charge in [0.15, 0.2) is 5.82 Å². The number of nitrogens with zero attached hydrogens (tertiary/aromatic N) is 2. The molecular formula is C7H9N5. The molecule has 5 N–H and O–H groups in total. The van der Waals surface area contributed by atoms with Crippen LogP contribution in [0.4, 0.5) is 11.8 Å². The van der Waals surface area contributed by atoms with Crippen molar-refractivity contribution >= 4 is 17.3 Å². The largest absolute Gasteiger partial charge is 0.382 e. The Kier molecular flexibility index (Phi) is 1.38. The van der Waals surface area contributed by atoms with Crippen LogP contribution in [-0.4, -0.2) is 9.38 Å². The van der Waals surface area contributed by atoms with E-state index in [-0.39, 0.29) is 0 Å². The van der Waals surface area contributed by atoms with Crippen LogP contribution in [-0.2, 0) is 0 Å². The van der Waals surface area contributed by atoms with Crippen LogP contribution in [0.25, 0.3) is 5.52 Å². The van der Waals surface area contributed by atoms with E-state index in [9.17, 15) is 0 Å². The molecule has 0 fully saturated rings. The molecule has 2 rings (SSSR count). The number of hydrazine groups is 1. The maximum atomic E-state index is 5.63. The van der Waals surface area contributed by atoms with E-state index in [0.29, 0.717) is 11.8 Å². The molecule has 2 aromatic heterocycles. The van der Waals surface area contributed by atoms with Gasteiger partial charge in [-0.2, -0.15) is 4.98 Å². The number of nitrogens with one attached hydrogen (secondary N) is 1. The van der Waals surface area contributed by atoms with Gasteiger partial charge < -0.3 is 5.73 Å². The molecule has 0 aliphatic rings. The lowest BCUT2D eigenvalue weighted by Crippen LogP contribution is -2.09. The second kappa shape index (κ2) is 2.38. The van der Waals surface area contributed by atoms with Gasteiger partial charge in [0, 0.05) is 6.20 Å². The van der Waals surface area contributed by atoms with E-state index in [0.717, 1.165) is 5.52 Å². The first kappa shape index (κ1) is 6.93. The maximum Gasteiger partial charge on any atom is 0.224 e. The van der Waals surface area contributed by atoms with Gasteiger partial charge in [0.2, 0.25) is 5.95 Å². The topological polar surface area (TPSA) is 81.4 Å². The zero-order valence-corrected chi connectivity index (χ0v) is 6.36. The quantitative estimate of drug-likeness (QED) is 0.414. The molecule has 5 heteroatoms. The van der Waals surface area contributed by atoms with Gasteiger partial charge in [0.1, 0.15) is 0 Å². The third-order valence-corrected chi connectivity index (χ3v) is 1.71. The van der Waals surface area contributed by atoms with E-state index in [2.05, 4.69) is 10.4 Å². The third-order valence-electron chi connectivity index (χ3n) is 1.71. The molecule has 0 saturated carbocycles. The number of hydrogen-bond acceptors (Lipinski definition) is 4. The molecule has 62 valence electrons. The normalized spacial score (nSPS) is 10.4. The Labute approximate surface area is 69.0 Å². The van der Waals surface area contributed by atoms with Crippen LogP contribution >= 0.6 is 0 Å². The molecule has 0 unspecified atom stereocenters. The Morgan fingerprint density at radius 3 is 3.00 bits per heavy atom. The fourth-order valence-corrected chi connectivity index (χ4v) is 1.16. The number of nitrogens with two attached hydrogens (primary N) is 2. The van der Waals surface area contributed by atoms with Crippen LogP contribution in [0.1, 0.15) is 0 Å². The predicted molar refractivity (Wildman–Crippen MR) is 47.4 cm³/mol. The maximum absolute atomic E-state index is 5.63. The highest BCUT2D eigenvalue weighted by atomic mass is 15.3. The molecule has 0 saturated heterocycles. The average Bonchev–Trinajstić information content (AvgIpc) is 2.44. The molecule has 0 spiro atoms. The molecule has 12 heavy (non-hydrogen) atoms. The van der Waals surface area contributed by atoms with Gasteiger partial charge in [-0.3, -0.25) is 9.83 Å². The number of hydrogen-bond donors (Lipinski definition) is 3. The first-order valence-electron chi connectivity index (χ1n) is 3.52. The summed E-state index contributed by atoms with van der Waals surface area (Å²) in [4.78, 5) is 4.01. The zero-order chi connectivity index (χ0) is 8.55. The van der Waals surface area contributed by atoms with Crippen molar-refractivity contribution in [1.82, 2.24) is 9.38 Å². The summed E-state index contributed by atoms with van der Waals surface area (Å²) in [6.45, 7) is 0. The van der Waals surface area contributed by atoms with Crippen LogP contribution in [0.3, 0.4) is 0 Å². The van der Waals surface area contributed by atoms with E-state index < -0.39 is 0 Å². The molecule has 0 aromatic carbocycles. The van der Waals surface area contributed by atoms with Crippen molar-refractivity contribution in [3.8, 4) is 0 Å². The molecule has 0 radical (unpaired) electrons. The van der Waals surface area contributed by atoms with E-state index >= 15 is 0 Å². The number of anilines is 2. The van der Waals surface area contributed by atoms with Crippen LogP contribution < -0.4 is 17.0 Å². The summed E-state index contributed by atoms with van der Waals surface area (Å²) in [5.74, 6) is 6.26. The number of aromatic nitrogens is 2. The Hall–Kier alpha value is -1.75. The fraction of sp³-hybridized carbons (Fsp3) is 0. The molecule has 0 amide bonds. The summed E-state index contributed by atoms with van der Waals surface area (Å²) in [5, 5.41) is 0. The van der Waals surface area contributed by atoms with Crippen molar-refractivity contribution in [3.63, 3.8) is 0 Å². The minimum atomic E-state index is 0.476. The van der Waals surface area contributed by atoms with Gasteiger partial charge >= 0.3 is 0 Å². The van der Waals surface area contributed by atoms with Gasteiger partial charge in [0.05, 0.1) is 5.52 Å². The molecule has 2 aromatic rings. The summed E-state index contributed by atoms with van der Waals surface area (Å²) in [6.07, 6.45) is 1.84. The van der Waals surface area contributed by atoms with Crippen molar-refractivity contribution in [2.45, 2.75) is 0 Å². The number of fused-ring (bicyclic) bond motifs is 1. The SMILES string of the molecule is NNc1nc(N)c2ccccn12. The highest BCUT2D eigenvalue weighted by molar-refractivity contribution is 5.69. The first-order valence-corrected chi connectivity index (χ1v) is 3.52. The fourth-order valence-electron chi connectivity index (χ4n) is 1.16. The van der Waals surface area contributed by atoms with Crippen LogP contribution in [0.5, 0.6) is 0 Å². The molecule has 0 bridgehead atoms. The zero-order valence-electron chi connectivity index (χ0n) is 6.36. The molecule has 0 aliphatic carbocycles. The summed E-state index contributed by atoms with van der Waals surface area (Å²) in [6, 6.07) is 5.66. The lowest BCUT2D eigenvalue weighted by Gasteiger charge is -1.96. The summed E-state index contributed by atoms with van der Waals surface area (Å²) in [5.41, 5.74) is 8.94. The minimum Gasteiger partial charge on any atom is -0.382 e. The van der Waals surface area contributed by atoms with Gasteiger partial charge in [-0.15, -0.1) is 0 Å². The number of imidazole rings is 1. The number of rotatable bonds is 1. The van der Waals surface area contributed by atoms with E-state index in [1.807, 2.05) is 24.4 Å². The Morgan fingerprint density at radius 1 is 1.42 bits per heavy atom. The second-order valence-corrected chi connectivity index (χ2v) is 2.42. The third kappa shape index (κ3) is 0.802. The van der Waals surface area contributed by atoms with Crippen molar-refractivity contribution in [3.05, 3.63) is 24.4 Å². The average molecular weight is 163 g/mol. The van der Waals surface area contributed by atoms with Gasteiger partial charge in [-0.25, -0.2) is 5.84 Å². The van der Waals surface area contributed by atoms with E-state index in [1.165, 1.54) is 0 Å². The van der Waals surface area contributed by atoms with Crippen LogP contribution in [0.15, 0.2) is 24.4 Å². The Bertz CT molecular complexity index is 405. The van der Waals surface area contributed by atoms with E-state index in [1.54, 1.807) is 4.40 Å². The highest BCUT2D eigenvalue weighted by Crippen LogP contribution is 2.16. The standard InChI is InChI=1S/C7H9N5/c8-6-5-3-1-2-4-12(5)7(10-6)11-9/h1-4H,8-9H2,(H,10,11). The first-order chi connectivity index (χ1) is 5.83. The van der Waals surface area contributed by atoms with Crippen LogP contribution in [0.2, 0.25) is 0 Å².